The van der Waals surface area contributed by atoms with Crippen LogP contribution >= 0.6 is 50.5 Å². The predicted octanol–water partition coefficient (Wildman–Crippen LogP) is -7.26. The molecule has 1 saturated heterocycles. The Bertz CT molecular complexity index is 2950. The molecule has 38 heteroatoms. The summed E-state index contributed by atoms with van der Waals surface area (Å²) in [5.74, 6) is -12.5. The van der Waals surface area contributed by atoms with E-state index in [0.29, 0.717) is 17.7 Å². The molecule has 0 saturated carbocycles. The van der Waals surface area contributed by atoms with Gasteiger partial charge in [-0.05, 0) is 50.3 Å². The van der Waals surface area contributed by atoms with Crippen LogP contribution in [-0.2, 0) is 76.8 Å². The Kier molecular flexibility index (Phi) is 31.0. The van der Waals surface area contributed by atoms with Crippen LogP contribution in [0.15, 0.2) is 49.3 Å². The normalized spacial score (nSPS) is 16.0. The van der Waals surface area contributed by atoms with Crippen molar-refractivity contribution in [2.24, 2.45) is 11.5 Å². The van der Waals surface area contributed by atoms with Gasteiger partial charge in [-0.15, -0.1) is 0 Å². The number of aliphatic hydroxyl groups excluding tert-OH is 1. The largest absolute Gasteiger partial charge is 0.508 e. The summed E-state index contributed by atoms with van der Waals surface area (Å²) in [4.78, 5) is 177. The van der Waals surface area contributed by atoms with Gasteiger partial charge in [-0.25, -0.2) is 14.8 Å². The van der Waals surface area contributed by atoms with Gasteiger partial charge in [-0.1, -0.05) is 12.1 Å². The van der Waals surface area contributed by atoms with Gasteiger partial charge >= 0.3 is 5.97 Å². The number of aromatic nitrogens is 4. The lowest BCUT2D eigenvalue weighted by molar-refractivity contribution is -0.142. The zero-order valence-electron chi connectivity index (χ0n) is 48.6. The molecule has 0 aliphatic carbocycles. The summed E-state index contributed by atoms with van der Waals surface area (Å²) < 4.78 is 0. The number of nitrogens with zero attached hydrogens (tertiary/aromatic N) is 3. The van der Waals surface area contributed by atoms with Gasteiger partial charge in [0.25, 0.3) is 0 Å². The number of aromatic amines is 2. The Morgan fingerprint density at radius 2 is 1.13 bits per heavy atom. The minimum atomic E-state index is -1.72. The first-order valence-electron chi connectivity index (χ1n) is 28.0. The van der Waals surface area contributed by atoms with Crippen LogP contribution in [0.4, 0.5) is 0 Å². The fraction of sp³-hybridized carbons (Fsp3) is 0.519. The number of carbonyl (C=O) groups is 12. The molecule has 494 valence electrons. The number of hydrogen-bond acceptors (Lipinski definition) is 22. The third-order valence-electron chi connectivity index (χ3n) is 13.6. The molecular weight excluding hydrogens is 1260 g/mol. The molecule has 21 N–H and O–H groups in total. The average Bonchev–Trinajstić information content (AvgIpc) is 2.42. The van der Waals surface area contributed by atoms with E-state index in [2.05, 4.69) is 129 Å². The highest BCUT2D eigenvalue weighted by molar-refractivity contribution is 7.80. The molecule has 0 bridgehead atoms. The van der Waals surface area contributed by atoms with Crippen LogP contribution in [-0.4, -0.2) is 233 Å². The van der Waals surface area contributed by atoms with Gasteiger partial charge in [0, 0.05) is 67.8 Å². The van der Waals surface area contributed by atoms with Crippen molar-refractivity contribution in [3.8, 4) is 5.75 Å². The zero-order chi connectivity index (χ0) is 66.6. The van der Waals surface area contributed by atoms with E-state index in [-0.39, 0.29) is 86.1 Å². The first-order chi connectivity index (χ1) is 42.8. The number of nitrogens with two attached hydrogens (primary N) is 2. The second-order valence-corrected chi connectivity index (χ2v) is 21.9. The summed E-state index contributed by atoms with van der Waals surface area (Å²) >= 11 is 16.3. The van der Waals surface area contributed by atoms with Crippen LogP contribution in [0.25, 0.3) is 0 Å². The number of guanidine groups is 1. The molecular formula is C52H77N19O15S4. The number of carbonyl (C=O) groups excluding carboxylic acids is 11. The van der Waals surface area contributed by atoms with Crippen LogP contribution in [0.3, 0.4) is 0 Å². The molecule has 11 atom stereocenters. The number of amides is 11. The van der Waals surface area contributed by atoms with Crippen LogP contribution in [0.2, 0.25) is 0 Å². The molecule has 0 unspecified atom stereocenters. The topological polar surface area (TPSA) is 534 Å². The van der Waals surface area contributed by atoms with Crippen molar-refractivity contribution in [1.82, 2.24) is 83.3 Å². The van der Waals surface area contributed by atoms with Gasteiger partial charge in [-0.3, -0.25) is 58.1 Å². The molecule has 0 spiro atoms. The number of phenols is 1. The Morgan fingerprint density at radius 3 is 1.68 bits per heavy atom. The second kappa shape index (κ2) is 37.6. The van der Waals surface area contributed by atoms with E-state index in [1.807, 2.05) is 0 Å². The lowest BCUT2D eigenvalue weighted by Gasteiger charge is -2.30. The molecule has 4 rings (SSSR count). The van der Waals surface area contributed by atoms with E-state index in [1.165, 1.54) is 61.1 Å². The van der Waals surface area contributed by atoms with Crippen molar-refractivity contribution in [3.05, 3.63) is 66.3 Å². The maximum absolute atomic E-state index is 14.3. The summed E-state index contributed by atoms with van der Waals surface area (Å²) in [6.45, 7) is -0.341. The summed E-state index contributed by atoms with van der Waals surface area (Å²) in [5, 5.41) is 64.0. The number of nitrogens with one attached hydrogen (secondary N) is 14. The van der Waals surface area contributed by atoms with Crippen LogP contribution < -0.4 is 70.0 Å². The molecule has 1 aliphatic rings. The molecule has 1 aromatic carbocycles. The average molecular weight is 1340 g/mol. The number of benzene rings is 1. The van der Waals surface area contributed by atoms with Crippen LogP contribution in [0.5, 0.6) is 5.75 Å². The molecule has 1 aliphatic heterocycles. The number of carboxylic acid groups (broad SMARTS) is 1. The standard InChI is InChI=1S/C52H77N19O15S4/c1-25(62-49(83)39-5-3-11-71(39)50(84)34(14-28-16-57-24-61-28)66-48(82)37(21-89)69-42(76)30(53)19-87)41(75)68-36(20-88)43(77)59-17-40(74)63-31(4-2-10-58-52(54)55)44(78)65-33(13-27-15-56-23-60-27)46(80)64-32(12-26-6-8-29(73)9-7-26)45(79)67-35(18-72)47(81)70-38(22-90)51(85)86/h6-9,15-16,23-25,30-39,72-73,87-90H,2-5,10-14,17-22,53H2,1H3,(H,56,60)(H,57,61)(H,59,77)(H,62,83)(H,63,74)(H,64,80)(H,65,78)(H,66,82)(H,67,79)(H,68,75)(H,69,76)(H,70,81)(H,85,86)(H4,54,55,58)/t25-,30-,31-,32-,33-,34-,35-,36-,37-,38-,39-/m0/s1. The fourth-order valence-electron chi connectivity index (χ4n) is 8.71. The lowest BCUT2D eigenvalue weighted by atomic mass is 10.0. The molecule has 0 radical (unpaired) electrons. The third-order valence-corrected chi connectivity index (χ3v) is 15.1. The summed E-state index contributed by atoms with van der Waals surface area (Å²) in [7, 11) is 0. The van der Waals surface area contributed by atoms with Gasteiger partial charge in [-0.2, -0.15) is 50.5 Å². The van der Waals surface area contributed by atoms with E-state index in [1.54, 1.807) is 0 Å². The summed E-state index contributed by atoms with van der Waals surface area (Å²) in [6, 6.07) is -9.68. The molecule has 2 aromatic heterocycles. The fourth-order valence-corrected chi connectivity index (χ4v) is 9.64. The van der Waals surface area contributed by atoms with Crippen molar-refractivity contribution < 1.29 is 72.9 Å². The van der Waals surface area contributed by atoms with Crippen molar-refractivity contribution in [1.29, 1.82) is 5.41 Å². The third kappa shape index (κ3) is 23.9. The monoisotopic (exact) mass is 1340 g/mol. The van der Waals surface area contributed by atoms with E-state index in [0.717, 1.165) is 0 Å². The number of rotatable bonds is 37. The highest BCUT2D eigenvalue weighted by Gasteiger charge is 2.40. The molecule has 34 nitrogen and oxygen atoms in total. The number of hydrogen-bond donors (Lipinski definition) is 23. The molecule has 11 amide bonds. The van der Waals surface area contributed by atoms with Gasteiger partial charge < -0.3 is 100 Å². The predicted molar refractivity (Wildman–Crippen MR) is 334 cm³/mol. The van der Waals surface area contributed by atoms with Crippen molar-refractivity contribution >= 4 is 127 Å². The number of aliphatic carboxylic acids is 1. The summed E-state index contributed by atoms with van der Waals surface area (Å²) in [5.41, 5.74) is 12.2. The Hall–Kier alpha value is -8.33. The molecule has 3 aromatic rings. The lowest BCUT2D eigenvalue weighted by Crippen LogP contribution is -2.60. The van der Waals surface area contributed by atoms with E-state index in [9.17, 15) is 72.9 Å². The van der Waals surface area contributed by atoms with Crippen molar-refractivity contribution in [2.75, 3.05) is 49.3 Å². The molecule has 3 heterocycles. The Labute approximate surface area is 537 Å². The highest BCUT2D eigenvalue weighted by Crippen LogP contribution is 2.20. The maximum Gasteiger partial charge on any atom is 0.327 e. The van der Waals surface area contributed by atoms with E-state index >= 15 is 0 Å². The number of aromatic hydroxyl groups is 1. The number of thiol groups is 4. The van der Waals surface area contributed by atoms with Gasteiger partial charge in [0.1, 0.15) is 66.2 Å². The van der Waals surface area contributed by atoms with Crippen LogP contribution in [0, 0.1) is 5.41 Å². The van der Waals surface area contributed by atoms with E-state index in [4.69, 9.17) is 16.9 Å². The van der Waals surface area contributed by atoms with Crippen LogP contribution in [0.1, 0.15) is 49.6 Å². The SMILES string of the molecule is C[C@H](NC(=O)[C@@H]1CCCN1C(=O)[C@H](Cc1c[nH]cn1)NC(=O)[C@H](CS)NC(=O)[C@@H](N)CS)C(=O)N[C@@H](CS)C(=O)NCC(=O)N[C@@H](CCCNC(=N)N)C(=O)N[C@@H](Cc1c[nH]cn1)C(=O)N[C@@H](Cc1ccc(O)cc1)C(=O)N[C@@H](CO)C(=O)N[C@@H](CS)C(=O)O. The molecule has 1 fully saturated rings. The highest BCUT2D eigenvalue weighted by atomic mass is 32.1. The number of H-pyrrole nitrogens is 2. The van der Waals surface area contributed by atoms with Gasteiger partial charge in [0.05, 0.1) is 43.2 Å². The number of phenolic OH excluding ortho intramolecular Hbond substituents is 1. The van der Waals surface area contributed by atoms with E-state index < -0.39 is 157 Å². The van der Waals surface area contributed by atoms with Crippen molar-refractivity contribution in [3.63, 3.8) is 0 Å². The second-order valence-electron chi connectivity index (χ2n) is 20.4. The quantitative estimate of drug-likeness (QED) is 0.0110. The number of aliphatic hydroxyl groups is 1. The van der Waals surface area contributed by atoms with Crippen molar-refractivity contribution in [2.45, 2.75) is 118 Å². The zero-order valence-corrected chi connectivity index (χ0v) is 52.2. The Balaban J connectivity index is 1.44. The smallest absolute Gasteiger partial charge is 0.327 e. The number of carboxylic acids is 1. The van der Waals surface area contributed by atoms with Gasteiger partial charge in [0.2, 0.25) is 65.0 Å². The minimum Gasteiger partial charge on any atom is -0.508 e. The molecule has 90 heavy (non-hydrogen) atoms. The number of likely N-dealkylation sites (tertiary alicyclic amines) is 1. The minimum absolute atomic E-state index is 0.00985. The summed E-state index contributed by atoms with van der Waals surface area (Å²) in [6.07, 6.45) is 5.32. The first-order valence-corrected chi connectivity index (χ1v) is 30.5. The number of imidazole rings is 2. The van der Waals surface area contributed by atoms with Gasteiger partial charge in [0.15, 0.2) is 5.96 Å². The maximum atomic E-state index is 14.3. The first kappa shape index (κ1) is 74.1. The Morgan fingerprint density at radius 1 is 0.633 bits per heavy atom.